The van der Waals surface area contributed by atoms with E-state index in [-0.39, 0.29) is 0 Å². The van der Waals surface area contributed by atoms with Crippen LogP contribution in [0.4, 0.5) is 0 Å². The second kappa shape index (κ2) is 5.27. The average Bonchev–Trinajstić information content (AvgIpc) is 2.83. The van der Waals surface area contributed by atoms with Gasteiger partial charge in [-0.15, -0.1) is 0 Å². The smallest absolute Gasteiger partial charge is 0.139 e. The highest BCUT2D eigenvalue weighted by molar-refractivity contribution is 7.99. The number of nitrogens with one attached hydrogen (secondary N) is 1. The maximum absolute atomic E-state index is 8.56. The molecular weight excluding hydrogens is 222 g/mol. The number of oxime groups is 1. The molecule has 5 heteroatoms. The third-order valence-electron chi connectivity index (χ3n) is 3.60. The van der Waals surface area contributed by atoms with Crippen molar-refractivity contribution in [2.75, 3.05) is 24.6 Å². The number of rotatable bonds is 6. The van der Waals surface area contributed by atoms with Gasteiger partial charge in [0.25, 0.3) is 0 Å². The quantitative estimate of drug-likeness (QED) is 0.284. The SMILES string of the molecule is NC(CC1(CNCC2CCSC2)CC1)=NO. The summed E-state index contributed by atoms with van der Waals surface area (Å²) in [6, 6.07) is 0. The van der Waals surface area contributed by atoms with Gasteiger partial charge in [0.05, 0.1) is 0 Å². The zero-order valence-corrected chi connectivity index (χ0v) is 10.4. The van der Waals surface area contributed by atoms with Crippen molar-refractivity contribution < 1.29 is 5.21 Å². The molecule has 0 bridgehead atoms. The van der Waals surface area contributed by atoms with E-state index >= 15 is 0 Å². The lowest BCUT2D eigenvalue weighted by molar-refractivity contribution is 0.314. The van der Waals surface area contributed by atoms with Crippen molar-refractivity contribution in [2.24, 2.45) is 22.2 Å². The molecule has 2 fully saturated rings. The van der Waals surface area contributed by atoms with E-state index in [1.54, 1.807) is 0 Å². The summed E-state index contributed by atoms with van der Waals surface area (Å²) in [5.74, 6) is 3.85. The predicted molar refractivity (Wildman–Crippen MR) is 68.0 cm³/mol. The molecular formula is C11H21N3OS. The van der Waals surface area contributed by atoms with Crippen molar-refractivity contribution in [3.8, 4) is 0 Å². The van der Waals surface area contributed by atoms with E-state index in [2.05, 4.69) is 22.2 Å². The molecule has 0 spiro atoms. The lowest BCUT2D eigenvalue weighted by Gasteiger charge is -2.17. The summed E-state index contributed by atoms with van der Waals surface area (Å²) >= 11 is 2.06. The van der Waals surface area contributed by atoms with E-state index in [0.29, 0.717) is 11.3 Å². The molecule has 1 saturated carbocycles. The Kier molecular flexibility index (Phi) is 3.97. The minimum Gasteiger partial charge on any atom is -0.409 e. The lowest BCUT2D eigenvalue weighted by Crippen LogP contribution is -2.31. The van der Waals surface area contributed by atoms with Crippen molar-refractivity contribution in [1.29, 1.82) is 0 Å². The lowest BCUT2D eigenvalue weighted by atomic mass is 10.0. The van der Waals surface area contributed by atoms with Gasteiger partial charge in [0.15, 0.2) is 0 Å². The van der Waals surface area contributed by atoms with Gasteiger partial charge in [-0.05, 0) is 48.6 Å². The molecule has 0 aromatic carbocycles. The average molecular weight is 243 g/mol. The van der Waals surface area contributed by atoms with Crippen LogP contribution in [0.25, 0.3) is 0 Å². The molecule has 1 heterocycles. The first-order chi connectivity index (χ1) is 7.74. The first-order valence-corrected chi connectivity index (χ1v) is 7.14. The molecule has 16 heavy (non-hydrogen) atoms. The van der Waals surface area contributed by atoms with Crippen LogP contribution in [-0.2, 0) is 0 Å². The van der Waals surface area contributed by atoms with Gasteiger partial charge in [-0.3, -0.25) is 0 Å². The van der Waals surface area contributed by atoms with E-state index in [9.17, 15) is 0 Å². The fourth-order valence-corrected chi connectivity index (χ4v) is 3.58. The fraction of sp³-hybridized carbons (Fsp3) is 0.909. The van der Waals surface area contributed by atoms with E-state index in [1.807, 2.05) is 0 Å². The number of amidine groups is 1. The number of nitrogens with zero attached hydrogens (tertiary/aromatic N) is 1. The zero-order chi connectivity index (χ0) is 11.4. The Morgan fingerprint density at radius 2 is 2.38 bits per heavy atom. The van der Waals surface area contributed by atoms with Crippen LogP contribution in [0.2, 0.25) is 0 Å². The summed E-state index contributed by atoms with van der Waals surface area (Å²) in [6.07, 6.45) is 4.49. The molecule has 0 amide bonds. The summed E-state index contributed by atoms with van der Waals surface area (Å²) in [5, 5.41) is 15.2. The molecule has 1 saturated heterocycles. The van der Waals surface area contributed by atoms with E-state index in [0.717, 1.165) is 25.4 Å². The van der Waals surface area contributed by atoms with Gasteiger partial charge in [-0.1, -0.05) is 5.16 Å². The Bertz CT molecular complexity index is 260. The summed E-state index contributed by atoms with van der Waals surface area (Å²) in [4.78, 5) is 0. The van der Waals surface area contributed by atoms with E-state index in [1.165, 1.54) is 30.8 Å². The fourth-order valence-electron chi connectivity index (χ4n) is 2.30. The van der Waals surface area contributed by atoms with E-state index in [4.69, 9.17) is 10.9 Å². The van der Waals surface area contributed by atoms with Crippen molar-refractivity contribution in [1.82, 2.24) is 5.32 Å². The first kappa shape index (κ1) is 12.0. The molecule has 0 radical (unpaired) electrons. The van der Waals surface area contributed by atoms with Gasteiger partial charge in [0.1, 0.15) is 5.84 Å². The van der Waals surface area contributed by atoms with Crippen molar-refractivity contribution in [3.63, 3.8) is 0 Å². The van der Waals surface area contributed by atoms with Crippen LogP contribution in [0.3, 0.4) is 0 Å². The monoisotopic (exact) mass is 243 g/mol. The number of hydrogen-bond donors (Lipinski definition) is 3. The Morgan fingerprint density at radius 3 is 2.94 bits per heavy atom. The molecule has 2 aliphatic rings. The summed E-state index contributed by atoms with van der Waals surface area (Å²) in [6.45, 7) is 2.15. The Balaban J connectivity index is 1.65. The number of hydrogen-bond acceptors (Lipinski definition) is 4. The van der Waals surface area contributed by atoms with Crippen LogP contribution < -0.4 is 11.1 Å². The molecule has 0 aromatic heterocycles. The third kappa shape index (κ3) is 3.28. The Hall–Kier alpha value is -0.420. The molecule has 92 valence electrons. The molecule has 1 aliphatic heterocycles. The largest absolute Gasteiger partial charge is 0.409 e. The van der Waals surface area contributed by atoms with Crippen LogP contribution in [0.1, 0.15) is 25.7 Å². The van der Waals surface area contributed by atoms with Crippen molar-refractivity contribution >= 4 is 17.6 Å². The molecule has 1 atom stereocenters. The third-order valence-corrected chi connectivity index (χ3v) is 4.83. The molecule has 0 aromatic rings. The number of nitrogens with two attached hydrogens (primary N) is 1. The van der Waals surface area contributed by atoms with Crippen molar-refractivity contribution in [2.45, 2.75) is 25.7 Å². The van der Waals surface area contributed by atoms with Crippen LogP contribution in [0.5, 0.6) is 0 Å². The highest BCUT2D eigenvalue weighted by Crippen LogP contribution is 2.48. The topological polar surface area (TPSA) is 70.6 Å². The molecule has 4 N–H and O–H groups in total. The molecule has 1 aliphatic carbocycles. The normalized spacial score (nSPS) is 28.2. The Labute approximate surface area is 101 Å². The van der Waals surface area contributed by atoms with Crippen LogP contribution in [0.15, 0.2) is 5.16 Å². The van der Waals surface area contributed by atoms with Crippen molar-refractivity contribution in [3.05, 3.63) is 0 Å². The summed E-state index contributed by atoms with van der Waals surface area (Å²) in [5.41, 5.74) is 5.86. The van der Waals surface area contributed by atoms with Gasteiger partial charge in [0, 0.05) is 13.0 Å². The number of thioether (sulfide) groups is 1. The second-order valence-corrected chi connectivity index (χ2v) is 6.28. The maximum atomic E-state index is 8.56. The van der Waals surface area contributed by atoms with Gasteiger partial charge in [0.2, 0.25) is 0 Å². The minimum atomic E-state index is 0.294. The summed E-state index contributed by atoms with van der Waals surface area (Å²) < 4.78 is 0. The van der Waals surface area contributed by atoms with E-state index < -0.39 is 0 Å². The zero-order valence-electron chi connectivity index (χ0n) is 9.61. The van der Waals surface area contributed by atoms with Gasteiger partial charge >= 0.3 is 0 Å². The van der Waals surface area contributed by atoms with Crippen LogP contribution >= 0.6 is 11.8 Å². The minimum absolute atomic E-state index is 0.294. The predicted octanol–water partition coefficient (Wildman–Crippen LogP) is 1.25. The highest BCUT2D eigenvalue weighted by Gasteiger charge is 2.42. The van der Waals surface area contributed by atoms with Crippen LogP contribution in [-0.4, -0.2) is 35.6 Å². The standard InChI is InChI=1S/C11H21N3OS/c12-10(14-15)5-11(2-3-11)8-13-6-9-1-4-16-7-9/h9,13,15H,1-8H2,(H2,12,14). The molecule has 1 unspecified atom stereocenters. The molecule has 2 rings (SSSR count). The highest BCUT2D eigenvalue weighted by atomic mass is 32.2. The first-order valence-electron chi connectivity index (χ1n) is 5.99. The van der Waals surface area contributed by atoms with Gasteiger partial charge in [-0.25, -0.2) is 0 Å². The van der Waals surface area contributed by atoms with Crippen LogP contribution in [0, 0.1) is 11.3 Å². The second-order valence-electron chi connectivity index (χ2n) is 5.13. The molecule has 4 nitrogen and oxygen atoms in total. The summed E-state index contributed by atoms with van der Waals surface area (Å²) in [7, 11) is 0. The maximum Gasteiger partial charge on any atom is 0.139 e. The van der Waals surface area contributed by atoms with Gasteiger partial charge in [-0.2, -0.15) is 11.8 Å². The van der Waals surface area contributed by atoms with Gasteiger partial charge < -0.3 is 16.3 Å². The Morgan fingerprint density at radius 1 is 1.56 bits per heavy atom.